The maximum Gasteiger partial charge on any atom is 0.248 e. The lowest BCUT2D eigenvalue weighted by molar-refractivity contribution is -0.111. The summed E-state index contributed by atoms with van der Waals surface area (Å²) in [7, 11) is 0. The van der Waals surface area contributed by atoms with Crippen LogP contribution >= 0.6 is 0 Å². The minimum Gasteiger partial charge on any atom is -0.322 e. The number of amides is 1. The van der Waals surface area contributed by atoms with Crippen LogP contribution in [0, 0.1) is 5.82 Å². The van der Waals surface area contributed by atoms with E-state index in [9.17, 15) is 9.18 Å². The van der Waals surface area contributed by atoms with Crippen molar-refractivity contribution in [2.75, 3.05) is 5.32 Å². The number of hydrogen-bond acceptors (Lipinski definition) is 1. The molecule has 0 unspecified atom stereocenters. The van der Waals surface area contributed by atoms with Crippen molar-refractivity contribution in [3.05, 3.63) is 71.6 Å². The first-order valence-corrected chi connectivity index (χ1v) is 6.90. The van der Waals surface area contributed by atoms with Gasteiger partial charge in [-0.2, -0.15) is 0 Å². The zero-order valence-corrected chi connectivity index (χ0v) is 12.1. The van der Waals surface area contributed by atoms with Gasteiger partial charge in [-0.15, -0.1) is 0 Å². The van der Waals surface area contributed by atoms with E-state index in [1.807, 2.05) is 24.3 Å². The van der Waals surface area contributed by atoms with E-state index < -0.39 is 0 Å². The van der Waals surface area contributed by atoms with Gasteiger partial charge in [0.15, 0.2) is 0 Å². The summed E-state index contributed by atoms with van der Waals surface area (Å²) >= 11 is 0. The fourth-order valence-corrected chi connectivity index (χ4v) is 2.03. The molecule has 0 aromatic heterocycles. The molecule has 0 aliphatic heterocycles. The van der Waals surface area contributed by atoms with Gasteiger partial charge < -0.3 is 5.32 Å². The summed E-state index contributed by atoms with van der Waals surface area (Å²) in [5.41, 5.74) is 2.70. The lowest BCUT2D eigenvalue weighted by Crippen LogP contribution is -2.10. The zero-order chi connectivity index (χ0) is 15.2. The number of carbonyl (C=O) groups excluding carboxylic acids is 1. The molecule has 3 heteroatoms. The SMILES string of the molecule is CC(C)c1ccccc1NC(=O)/C=C/c1ccc(F)cc1. The van der Waals surface area contributed by atoms with Crippen molar-refractivity contribution in [3.8, 4) is 0 Å². The molecule has 0 aliphatic carbocycles. The highest BCUT2D eigenvalue weighted by Gasteiger charge is 2.07. The third kappa shape index (κ3) is 4.28. The number of nitrogens with one attached hydrogen (secondary N) is 1. The second-order valence-corrected chi connectivity index (χ2v) is 5.12. The molecule has 21 heavy (non-hydrogen) atoms. The average molecular weight is 283 g/mol. The van der Waals surface area contributed by atoms with E-state index in [0.717, 1.165) is 16.8 Å². The van der Waals surface area contributed by atoms with Crippen molar-refractivity contribution in [1.29, 1.82) is 0 Å². The van der Waals surface area contributed by atoms with E-state index in [1.165, 1.54) is 18.2 Å². The largest absolute Gasteiger partial charge is 0.322 e. The van der Waals surface area contributed by atoms with Crippen LogP contribution in [-0.2, 0) is 4.79 Å². The third-order valence-corrected chi connectivity index (χ3v) is 3.14. The summed E-state index contributed by atoms with van der Waals surface area (Å²) in [5, 5.41) is 2.87. The van der Waals surface area contributed by atoms with Crippen LogP contribution in [-0.4, -0.2) is 5.91 Å². The lowest BCUT2D eigenvalue weighted by Gasteiger charge is -2.12. The maximum absolute atomic E-state index is 12.8. The predicted molar refractivity (Wildman–Crippen MR) is 84.6 cm³/mol. The smallest absolute Gasteiger partial charge is 0.248 e. The number of rotatable bonds is 4. The fraction of sp³-hybridized carbons (Fsp3) is 0.167. The van der Waals surface area contributed by atoms with Gasteiger partial charge in [-0.05, 0) is 41.3 Å². The van der Waals surface area contributed by atoms with Gasteiger partial charge in [0.2, 0.25) is 5.91 Å². The lowest BCUT2D eigenvalue weighted by atomic mass is 10.0. The van der Waals surface area contributed by atoms with Crippen LogP contribution in [0.15, 0.2) is 54.6 Å². The molecule has 0 atom stereocenters. The van der Waals surface area contributed by atoms with Crippen LogP contribution < -0.4 is 5.32 Å². The van der Waals surface area contributed by atoms with E-state index in [4.69, 9.17) is 0 Å². The van der Waals surface area contributed by atoms with Gasteiger partial charge in [0, 0.05) is 11.8 Å². The number of halogens is 1. The van der Waals surface area contributed by atoms with Crippen molar-refractivity contribution in [2.24, 2.45) is 0 Å². The van der Waals surface area contributed by atoms with Crippen LogP contribution in [0.5, 0.6) is 0 Å². The zero-order valence-electron chi connectivity index (χ0n) is 12.1. The standard InChI is InChI=1S/C18H18FNO/c1-13(2)16-5-3-4-6-17(16)20-18(21)12-9-14-7-10-15(19)11-8-14/h3-13H,1-2H3,(H,20,21)/b12-9+. The highest BCUT2D eigenvalue weighted by Crippen LogP contribution is 2.23. The Labute approximate surface area is 124 Å². The van der Waals surface area contributed by atoms with E-state index in [0.29, 0.717) is 5.92 Å². The maximum atomic E-state index is 12.8. The normalized spacial score (nSPS) is 11.0. The topological polar surface area (TPSA) is 29.1 Å². The van der Waals surface area contributed by atoms with Crippen molar-refractivity contribution < 1.29 is 9.18 Å². The summed E-state index contributed by atoms with van der Waals surface area (Å²) < 4.78 is 12.8. The van der Waals surface area contributed by atoms with Crippen LogP contribution in [0.3, 0.4) is 0 Å². The minimum atomic E-state index is -0.289. The van der Waals surface area contributed by atoms with E-state index in [1.54, 1.807) is 18.2 Å². The van der Waals surface area contributed by atoms with Gasteiger partial charge in [-0.1, -0.05) is 44.2 Å². The average Bonchev–Trinajstić information content (AvgIpc) is 2.47. The second kappa shape index (κ2) is 6.84. The number of benzene rings is 2. The van der Waals surface area contributed by atoms with Crippen LogP contribution in [0.1, 0.15) is 30.9 Å². The van der Waals surface area contributed by atoms with Gasteiger partial charge in [0.05, 0.1) is 0 Å². The molecule has 1 N–H and O–H groups in total. The van der Waals surface area contributed by atoms with Crippen molar-refractivity contribution in [3.63, 3.8) is 0 Å². The first-order chi connectivity index (χ1) is 10.1. The molecule has 0 aliphatic rings. The molecule has 2 aromatic carbocycles. The molecule has 2 rings (SSSR count). The van der Waals surface area contributed by atoms with Crippen molar-refractivity contribution in [1.82, 2.24) is 0 Å². The van der Waals surface area contributed by atoms with E-state index >= 15 is 0 Å². The Hall–Kier alpha value is -2.42. The van der Waals surface area contributed by atoms with Crippen molar-refractivity contribution in [2.45, 2.75) is 19.8 Å². The molecule has 0 spiro atoms. The van der Waals surface area contributed by atoms with Gasteiger partial charge in [-0.25, -0.2) is 4.39 Å². The van der Waals surface area contributed by atoms with Gasteiger partial charge >= 0.3 is 0 Å². The number of para-hydroxylation sites is 1. The molecule has 0 saturated heterocycles. The molecular weight excluding hydrogens is 265 g/mol. The second-order valence-electron chi connectivity index (χ2n) is 5.12. The third-order valence-electron chi connectivity index (χ3n) is 3.14. The minimum absolute atomic E-state index is 0.201. The highest BCUT2D eigenvalue weighted by atomic mass is 19.1. The van der Waals surface area contributed by atoms with E-state index in [-0.39, 0.29) is 11.7 Å². The first-order valence-electron chi connectivity index (χ1n) is 6.90. The number of anilines is 1. The molecule has 0 heterocycles. The van der Waals surface area contributed by atoms with E-state index in [2.05, 4.69) is 19.2 Å². The summed E-state index contributed by atoms with van der Waals surface area (Å²) in [5.74, 6) is -0.155. The van der Waals surface area contributed by atoms with Crippen LogP contribution in [0.2, 0.25) is 0 Å². The van der Waals surface area contributed by atoms with Gasteiger partial charge in [-0.3, -0.25) is 4.79 Å². The molecule has 0 bridgehead atoms. The predicted octanol–water partition coefficient (Wildman–Crippen LogP) is 4.60. The Balaban J connectivity index is 2.07. The summed E-state index contributed by atoms with van der Waals surface area (Å²) in [6.45, 7) is 4.17. The Morgan fingerprint density at radius 2 is 1.76 bits per heavy atom. The Morgan fingerprint density at radius 1 is 1.10 bits per heavy atom. The summed E-state index contributed by atoms with van der Waals surface area (Å²) in [6, 6.07) is 13.7. The number of carbonyl (C=O) groups is 1. The molecule has 0 radical (unpaired) electrons. The van der Waals surface area contributed by atoms with Gasteiger partial charge in [0.25, 0.3) is 0 Å². The summed E-state index contributed by atoms with van der Waals surface area (Å²) in [4.78, 5) is 12.0. The quantitative estimate of drug-likeness (QED) is 0.816. The van der Waals surface area contributed by atoms with Crippen molar-refractivity contribution >= 4 is 17.7 Å². The Bertz CT molecular complexity index is 645. The highest BCUT2D eigenvalue weighted by molar-refractivity contribution is 6.02. The van der Waals surface area contributed by atoms with Gasteiger partial charge in [0.1, 0.15) is 5.82 Å². The summed E-state index contributed by atoms with van der Waals surface area (Å²) in [6.07, 6.45) is 3.11. The Kier molecular flexibility index (Phi) is 4.88. The molecule has 2 aromatic rings. The number of hydrogen-bond donors (Lipinski definition) is 1. The fourth-order valence-electron chi connectivity index (χ4n) is 2.03. The Morgan fingerprint density at radius 3 is 2.43 bits per heavy atom. The monoisotopic (exact) mass is 283 g/mol. The van der Waals surface area contributed by atoms with Crippen LogP contribution in [0.25, 0.3) is 6.08 Å². The molecule has 108 valence electrons. The molecule has 2 nitrogen and oxygen atoms in total. The molecule has 1 amide bonds. The molecule has 0 fully saturated rings. The molecular formula is C18H18FNO. The van der Waals surface area contributed by atoms with Crippen LogP contribution in [0.4, 0.5) is 10.1 Å². The first kappa shape index (κ1) is 15.0. The molecule has 0 saturated carbocycles.